The zero-order valence-corrected chi connectivity index (χ0v) is 15.1. The van der Waals surface area contributed by atoms with E-state index in [-0.39, 0.29) is 11.7 Å². The lowest BCUT2D eigenvalue weighted by molar-refractivity contribution is -0.134. The second kappa shape index (κ2) is 8.87. The molecule has 0 bridgehead atoms. The second-order valence-electron chi connectivity index (χ2n) is 6.81. The van der Waals surface area contributed by atoms with E-state index in [4.69, 9.17) is 0 Å². The van der Waals surface area contributed by atoms with E-state index in [0.29, 0.717) is 6.54 Å². The molecule has 5 nitrogen and oxygen atoms in total. The van der Waals surface area contributed by atoms with Crippen LogP contribution in [0.3, 0.4) is 0 Å². The van der Waals surface area contributed by atoms with Crippen LogP contribution in [-0.4, -0.2) is 65.4 Å². The van der Waals surface area contributed by atoms with Gasteiger partial charge in [0.05, 0.1) is 6.54 Å². The molecule has 0 radical (unpaired) electrons. The van der Waals surface area contributed by atoms with E-state index in [1.807, 2.05) is 35.0 Å². The quantitative estimate of drug-likeness (QED) is 0.794. The molecule has 26 heavy (non-hydrogen) atoms. The number of hydrogen-bond donors (Lipinski definition) is 0. The highest BCUT2D eigenvalue weighted by Gasteiger charge is 2.22. The molecule has 1 aliphatic rings. The lowest BCUT2D eigenvalue weighted by Gasteiger charge is -2.35. The first-order valence-corrected chi connectivity index (χ1v) is 8.92. The smallest absolute Gasteiger partial charge is 0.236 e. The number of pyridine rings is 1. The van der Waals surface area contributed by atoms with Crippen molar-refractivity contribution < 1.29 is 9.18 Å². The van der Waals surface area contributed by atoms with Crippen LogP contribution in [0.4, 0.5) is 4.39 Å². The van der Waals surface area contributed by atoms with Crippen molar-refractivity contribution in [3.05, 3.63) is 65.7 Å². The predicted octanol–water partition coefficient (Wildman–Crippen LogP) is 2.00. The molecule has 1 amide bonds. The van der Waals surface area contributed by atoms with Gasteiger partial charge in [0.2, 0.25) is 5.91 Å². The molecular formula is C20H25FN4O. The summed E-state index contributed by atoms with van der Waals surface area (Å²) >= 11 is 0. The molecule has 0 aliphatic carbocycles. The Labute approximate surface area is 154 Å². The summed E-state index contributed by atoms with van der Waals surface area (Å²) in [5, 5.41) is 0. The highest BCUT2D eigenvalue weighted by Crippen LogP contribution is 2.11. The third-order valence-corrected chi connectivity index (χ3v) is 4.63. The Morgan fingerprint density at radius 3 is 2.54 bits per heavy atom. The number of benzene rings is 1. The lowest BCUT2D eigenvalue weighted by Crippen LogP contribution is -2.50. The summed E-state index contributed by atoms with van der Waals surface area (Å²) in [6.45, 7) is 4.93. The zero-order valence-electron chi connectivity index (χ0n) is 15.1. The van der Waals surface area contributed by atoms with Gasteiger partial charge in [0.25, 0.3) is 0 Å². The molecule has 2 heterocycles. The summed E-state index contributed by atoms with van der Waals surface area (Å²) in [5.41, 5.74) is 2.12. The summed E-state index contributed by atoms with van der Waals surface area (Å²) in [6, 6.07) is 10.6. The van der Waals surface area contributed by atoms with Gasteiger partial charge < -0.3 is 4.90 Å². The first-order chi connectivity index (χ1) is 12.6. The Balaban J connectivity index is 1.43. The molecule has 1 fully saturated rings. The second-order valence-corrected chi connectivity index (χ2v) is 6.81. The van der Waals surface area contributed by atoms with Crippen LogP contribution < -0.4 is 0 Å². The Bertz CT molecular complexity index is 717. The van der Waals surface area contributed by atoms with Gasteiger partial charge in [0, 0.05) is 51.7 Å². The fraction of sp³-hybridized carbons (Fsp3) is 0.400. The summed E-state index contributed by atoms with van der Waals surface area (Å²) in [6.07, 6.45) is 3.53. The number of piperazine rings is 1. The first-order valence-electron chi connectivity index (χ1n) is 8.92. The average molecular weight is 356 g/mol. The largest absolute Gasteiger partial charge is 0.339 e. The summed E-state index contributed by atoms with van der Waals surface area (Å²) in [4.78, 5) is 22.7. The molecule has 1 aliphatic heterocycles. The van der Waals surface area contributed by atoms with Gasteiger partial charge in [-0.1, -0.05) is 12.1 Å². The molecular weight excluding hydrogens is 331 g/mol. The number of aromatic nitrogens is 1. The fourth-order valence-corrected chi connectivity index (χ4v) is 3.24. The topological polar surface area (TPSA) is 39.7 Å². The van der Waals surface area contributed by atoms with Gasteiger partial charge in [-0.05, 0) is 42.4 Å². The monoisotopic (exact) mass is 356 g/mol. The Kier molecular flexibility index (Phi) is 6.30. The van der Waals surface area contributed by atoms with Crippen molar-refractivity contribution in [3.63, 3.8) is 0 Å². The molecule has 3 rings (SSSR count). The van der Waals surface area contributed by atoms with Crippen LogP contribution in [0.1, 0.15) is 11.1 Å². The van der Waals surface area contributed by atoms with Crippen LogP contribution in [0.25, 0.3) is 0 Å². The average Bonchev–Trinajstić information content (AvgIpc) is 2.63. The maximum absolute atomic E-state index is 13.3. The fourth-order valence-electron chi connectivity index (χ4n) is 3.24. The highest BCUT2D eigenvalue weighted by molar-refractivity contribution is 5.78. The van der Waals surface area contributed by atoms with Gasteiger partial charge in [0.1, 0.15) is 5.82 Å². The molecule has 0 spiro atoms. The van der Waals surface area contributed by atoms with Gasteiger partial charge in [-0.2, -0.15) is 0 Å². The molecule has 0 unspecified atom stereocenters. The van der Waals surface area contributed by atoms with Crippen molar-refractivity contribution >= 4 is 5.91 Å². The van der Waals surface area contributed by atoms with E-state index in [9.17, 15) is 9.18 Å². The van der Waals surface area contributed by atoms with Gasteiger partial charge >= 0.3 is 0 Å². The van der Waals surface area contributed by atoms with Crippen molar-refractivity contribution in [1.29, 1.82) is 0 Å². The van der Waals surface area contributed by atoms with E-state index >= 15 is 0 Å². The van der Waals surface area contributed by atoms with E-state index in [0.717, 1.165) is 50.4 Å². The van der Waals surface area contributed by atoms with Crippen LogP contribution in [-0.2, 0) is 17.9 Å². The van der Waals surface area contributed by atoms with E-state index in [1.165, 1.54) is 6.07 Å². The molecule has 6 heteroatoms. The normalized spacial score (nSPS) is 15.4. The van der Waals surface area contributed by atoms with Crippen molar-refractivity contribution in [1.82, 2.24) is 19.7 Å². The van der Waals surface area contributed by atoms with E-state index in [1.54, 1.807) is 24.5 Å². The minimum atomic E-state index is -0.200. The lowest BCUT2D eigenvalue weighted by atomic mass is 10.2. The minimum absolute atomic E-state index is 0.159. The van der Waals surface area contributed by atoms with Crippen molar-refractivity contribution in [2.24, 2.45) is 0 Å². The SMILES string of the molecule is CN(CC(=O)N1CCN(Cc2cccc(F)c2)CC1)Cc1ccncc1. The number of likely N-dealkylation sites (N-methyl/N-ethyl adjacent to an activating group) is 1. The maximum atomic E-state index is 13.3. The van der Waals surface area contributed by atoms with Crippen LogP contribution in [0.5, 0.6) is 0 Å². The van der Waals surface area contributed by atoms with Crippen LogP contribution in [0, 0.1) is 5.82 Å². The van der Waals surface area contributed by atoms with Crippen LogP contribution in [0.15, 0.2) is 48.8 Å². The predicted molar refractivity (Wildman–Crippen MR) is 98.8 cm³/mol. The molecule has 138 valence electrons. The standard InChI is InChI=1S/C20H25FN4O/c1-23(14-17-5-7-22-8-6-17)16-20(26)25-11-9-24(10-12-25)15-18-3-2-4-19(21)13-18/h2-8,13H,9-12,14-16H2,1H3. The van der Waals surface area contributed by atoms with E-state index in [2.05, 4.69) is 9.88 Å². The Morgan fingerprint density at radius 2 is 1.85 bits per heavy atom. The van der Waals surface area contributed by atoms with Gasteiger partial charge in [-0.3, -0.25) is 19.6 Å². The summed E-state index contributed by atoms with van der Waals surface area (Å²) < 4.78 is 13.3. The number of nitrogens with zero attached hydrogens (tertiary/aromatic N) is 4. The van der Waals surface area contributed by atoms with Crippen LogP contribution in [0.2, 0.25) is 0 Å². The Morgan fingerprint density at radius 1 is 1.12 bits per heavy atom. The van der Waals surface area contributed by atoms with Gasteiger partial charge in [0.15, 0.2) is 0 Å². The van der Waals surface area contributed by atoms with Crippen LogP contribution >= 0.6 is 0 Å². The Hall–Kier alpha value is -2.31. The van der Waals surface area contributed by atoms with Crippen molar-refractivity contribution in [3.8, 4) is 0 Å². The number of carbonyl (C=O) groups is 1. The number of halogens is 1. The van der Waals surface area contributed by atoms with Gasteiger partial charge in [-0.15, -0.1) is 0 Å². The number of carbonyl (C=O) groups excluding carboxylic acids is 1. The summed E-state index contributed by atoms with van der Waals surface area (Å²) in [5.74, 6) is -0.0412. The maximum Gasteiger partial charge on any atom is 0.236 e. The molecule has 0 N–H and O–H groups in total. The number of rotatable bonds is 6. The zero-order chi connectivity index (χ0) is 18.4. The third kappa shape index (κ3) is 5.34. The molecule has 1 saturated heterocycles. The summed E-state index contributed by atoms with van der Waals surface area (Å²) in [7, 11) is 1.96. The molecule has 1 aromatic carbocycles. The number of hydrogen-bond acceptors (Lipinski definition) is 4. The third-order valence-electron chi connectivity index (χ3n) is 4.63. The van der Waals surface area contributed by atoms with Crippen molar-refractivity contribution in [2.45, 2.75) is 13.1 Å². The molecule has 1 aromatic heterocycles. The number of amides is 1. The minimum Gasteiger partial charge on any atom is -0.339 e. The first kappa shape index (κ1) is 18.5. The molecule has 0 atom stereocenters. The van der Waals surface area contributed by atoms with Crippen molar-refractivity contribution in [2.75, 3.05) is 39.8 Å². The molecule has 2 aromatic rings. The van der Waals surface area contributed by atoms with E-state index < -0.39 is 0 Å². The van der Waals surface area contributed by atoms with Gasteiger partial charge in [-0.25, -0.2) is 4.39 Å². The highest BCUT2D eigenvalue weighted by atomic mass is 19.1. The molecule has 0 saturated carbocycles.